The Bertz CT molecular complexity index is 3260. The van der Waals surface area contributed by atoms with Crippen LogP contribution in [-0.4, -0.2) is 0 Å². The quantitative estimate of drug-likeness (QED) is 0.154. The summed E-state index contributed by atoms with van der Waals surface area (Å²) in [5.41, 5.74) is 10.6. The van der Waals surface area contributed by atoms with Gasteiger partial charge in [-0.2, -0.15) is 0 Å². The molecule has 11 rings (SSSR count). The summed E-state index contributed by atoms with van der Waals surface area (Å²) < 4.78 is 2.65. The Labute approximate surface area is 330 Å². The highest BCUT2D eigenvalue weighted by molar-refractivity contribution is 7.25. The van der Waals surface area contributed by atoms with E-state index in [1.165, 1.54) is 85.9 Å². The van der Waals surface area contributed by atoms with E-state index < -0.39 is 0 Å². The topological polar surface area (TPSA) is 3.24 Å². The molecular formula is C54H35NS. The predicted octanol–water partition coefficient (Wildman–Crippen LogP) is 16.0. The minimum atomic E-state index is 1.10. The number of anilines is 3. The molecular weight excluding hydrogens is 695 g/mol. The molecule has 0 aliphatic rings. The molecule has 2 heteroatoms. The van der Waals surface area contributed by atoms with E-state index >= 15 is 0 Å². The molecule has 0 bridgehead atoms. The maximum Gasteiger partial charge on any atom is 0.0467 e. The van der Waals surface area contributed by atoms with E-state index in [1.807, 2.05) is 11.3 Å². The van der Waals surface area contributed by atoms with Gasteiger partial charge < -0.3 is 4.90 Å². The van der Waals surface area contributed by atoms with Crippen molar-refractivity contribution in [2.75, 3.05) is 4.90 Å². The third kappa shape index (κ3) is 5.54. The second kappa shape index (κ2) is 13.4. The van der Waals surface area contributed by atoms with Gasteiger partial charge in [0.1, 0.15) is 0 Å². The fourth-order valence-electron chi connectivity index (χ4n) is 8.55. The monoisotopic (exact) mass is 729 g/mol. The number of hydrogen-bond acceptors (Lipinski definition) is 2. The van der Waals surface area contributed by atoms with E-state index in [-0.39, 0.29) is 0 Å². The summed E-state index contributed by atoms with van der Waals surface area (Å²) in [7, 11) is 0. The predicted molar refractivity (Wildman–Crippen MR) is 243 cm³/mol. The molecule has 0 unspecified atom stereocenters. The van der Waals surface area contributed by atoms with Crippen molar-refractivity contribution in [3.8, 4) is 33.4 Å². The van der Waals surface area contributed by atoms with E-state index in [0.29, 0.717) is 0 Å². The molecule has 10 aromatic carbocycles. The minimum absolute atomic E-state index is 1.10. The second-order valence-electron chi connectivity index (χ2n) is 14.5. The molecule has 0 radical (unpaired) electrons. The van der Waals surface area contributed by atoms with Crippen LogP contribution in [0.4, 0.5) is 17.1 Å². The van der Waals surface area contributed by atoms with Crippen LogP contribution in [0.15, 0.2) is 212 Å². The first-order valence-electron chi connectivity index (χ1n) is 19.2. The molecule has 11 aromatic rings. The van der Waals surface area contributed by atoms with Crippen LogP contribution in [0.1, 0.15) is 0 Å². The van der Waals surface area contributed by atoms with Gasteiger partial charge in [-0.25, -0.2) is 0 Å². The van der Waals surface area contributed by atoms with E-state index in [4.69, 9.17) is 0 Å². The summed E-state index contributed by atoms with van der Waals surface area (Å²) >= 11 is 1.87. The summed E-state index contributed by atoms with van der Waals surface area (Å²) in [4.78, 5) is 2.40. The third-order valence-electron chi connectivity index (χ3n) is 11.2. The van der Waals surface area contributed by atoms with Crippen LogP contribution in [0.2, 0.25) is 0 Å². The Hall–Kier alpha value is -7.00. The van der Waals surface area contributed by atoms with E-state index in [9.17, 15) is 0 Å². The Morgan fingerprint density at radius 1 is 0.268 bits per heavy atom. The van der Waals surface area contributed by atoms with Gasteiger partial charge in [-0.05, 0) is 120 Å². The smallest absolute Gasteiger partial charge is 0.0467 e. The lowest BCUT2D eigenvalue weighted by molar-refractivity contribution is 1.28. The SMILES string of the molecule is c1cc(-c2cccc3ccccc23)cc(N(c2ccc(-c3ccc4c(c3)sc3ccccc34)cc2)c2cccc(-c3cc4ccccc4c4ccccc34)c2)c1. The maximum absolute atomic E-state index is 2.40. The van der Waals surface area contributed by atoms with Crippen molar-refractivity contribution < 1.29 is 0 Å². The van der Waals surface area contributed by atoms with Crippen molar-refractivity contribution in [1.29, 1.82) is 0 Å². The summed E-state index contributed by atoms with van der Waals surface area (Å²) in [6, 6.07) is 77.8. The van der Waals surface area contributed by atoms with E-state index in [1.54, 1.807) is 0 Å². The largest absolute Gasteiger partial charge is 0.310 e. The number of benzene rings is 10. The first-order chi connectivity index (χ1) is 27.7. The van der Waals surface area contributed by atoms with Gasteiger partial charge in [0.2, 0.25) is 0 Å². The van der Waals surface area contributed by atoms with Crippen LogP contribution in [-0.2, 0) is 0 Å². The van der Waals surface area contributed by atoms with Gasteiger partial charge in [0, 0.05) is 37.2 Å². The number of rotatable bonds is 6. The standard InChI is InChI=1S/C54H35NS/c1-3-19-45-37(12-1)14-11-24-46(45)39-15-9-17-43(32-39)55(42-29-26-36(27-30-42)38-28-31-51-50-23-7-8-25-53(50)56-54(51)35-38)44-18-10-16-40(33-44)52-34-41-13-2-4-20-47(41)48-21-5-6-22-49(48)52/h1-35H. The van der Waals surface area contributed by atoms with Crippen molar-refractivity contribution in [3.63, 3.8) is 0 Å². The molecule has 0 saturated heterocycles. The molecule has 0 N–H and O–H groups in total. The number of nitrogens with zero attached hydrogens (tertiary/aromatic N) is 1. The Kier molecular flexibility index (Phi) is 7.75. The van der Waals surface area contributed by atoms with Crippen molar-refractivity contribution >= 4 is 80.9 Å². The van der Waals surface area contributed by atoms with Gasteiger partial charge >= 0.3 is 0 Å². The average molecular weight is 730 g/mol. The number of hydrogen-bond donors (Lipinski definition) is 0. The van der Waals surface area contributed by atoms with Gasteiger partial charge in [0.25, 0.3) is 0 Å². The molecule has 0 aliphatic carbocycles. The van der Waals surface area contributed by atoms with Crippen LogP contribution < -0.4 is 4.90 Å². The Morgan fingerprint density at radius 3 is 1.62 bits per heavy atom. The van der Waals surface area contributed by atoms with Gasteiger partial charge in [-0.3, -0.25) is 0 Å². The highest BCUT2D eigenvalue weighted by Gasteiger charge is 2.17. The molecule has 262 valence electrons. The molecule has 1 nitrogen and oxygen atoms in total. The molecule has 1 aromatic heterocycles. The molecule has 0 atom stereocenters. The molecule has 0 spiro atoms. The third-order valence-corrected chi connectivity index (χ3v) is 12.4. The summed E-state index contributed by atoms with van der Waals surface area (Å²) in [5.74, 6) is 0. The fourth-order valence-corrected chi connectivity index (χ4v) is 9.70. The Balaban J connectivity index is 1.06. The zero-order valence-electron chi connectivity index (χ0n) is 30.6. The van der Waals surface area contributed by atoms with Gasteiger partial charge in [-0.1, -0.05) is 158 Å². The zero-order valence-corrected chi connectivity index (χ0v) is 31.4. The van der Waals surface area contributed by atoms with Crippen LogP contribution in [0.3, 0.4) is 0 Å². The minimum Gasteiger partial charge on any atom is -0.310 e. The molecule has 0 saturated carbocycles. The van der Waals surface area contributed by atoms with Gasteiger partial charge in [-0.15, -0.1) is 11.3 Å². The van der Waals surface area contributed by atoms with Gasteiger partial charge in [0.15, 0.2) is 0 Å². The van der Waals surface area contributed by atoms with Crippen LogP contribution in [0.25, 0.3) is 85.9 Å². The fraction of sp³-hybridized carbons (Fsp3) is 0. The first-order valence-corrected chi connectivity index (χ1v) is 20.0. The molecule has 0 amide bonds. The maximum atomic E-state index is 2.40. The van der Waals surface area contributed by atoms with Crippen LogP contribution >= 0.6 is 11.3 Å². The Morgan fingerprint density at radius 2 is 0.839 bits per heavy atom. The summed E-state index contributed by atoms with van der Waals surface area (Å²) in [6.45, 7) is 0. The van der Waals surface area contributed by atoms with Gasteiger partial charge in [0.05, 0.1) is 0 Å². The molecule has 1 heterocycles. The lowest BCUT2D eigenvalue weighted by Gasteiger charge is -2.27. The van der Waals surface area contributed by atoms with E-state index in [2.05, 4.69) is 217 Å². The molecule has 0 aliphatic heterocycles. The number of fused-ring (bicyclic) bond motifs is 7. The molecule has 0 fully saturated rings. The van der Waals surface area contributed by atoms with Crippen LogP contribution in [0, 0.1) is 0 Å². The first kappa shape index (κ1) is 32.4. The van der Waals surface area contributed by atoms with Crippen molar-refractivity contribution in [1.82, 2.24) is 0 Å². The zero-order chi connectivity index (χ0) is 37.0. The van der Waals surface area contributed by atoms with Crippen LogP contribution in [0.5, 0.6) is 0 Å². The second-order valence-corrected chi connectivity index (χ2v) is 15.6. The summed E-state index contributed by atoms with van der Waals surface area (Å²) in [6.07, 6.45) is 0. The van der Waals surface area contributed by atoms with Crippen molar-refractivity contribution in [2.24, 2.45) is 0 Å². The average Bonchev–Trinajstić information content (AvgIpc) is 3.64. The van der Waals surface area contributed by atoms with Crippen molar-refractivity contribution in [3.05, 3.63) is 212 Å². The highest BCUT2D eigenvalue weighted by atomic mass is 32.1. The summed E-state index contributed by atoms with van der Waals surface area (Å²) in [5, 5.41) is 10.2. The lowest BCUT2D eigenvalue weighted by Crippen LogP contribution is -2.10. The van der Waals surface area contributed by atoms with E-state index in [0.717, 1.165) is 17.1 Å². The molecule has 56 heavy (non-hydrogen) atoms. The number of thiophene rings is 1. The highest BCUT2D eigenvalue weighted by Crippen LogP contribution is 2.42. The lowest BCUT2D eigenvalue weighted by atomic mass is 9.93. The van der Waals surface area contributed by atoms with Crippen molar-refractivity contribution in [2.45, 2.75) is 0 Å². The normalized spacial score (nSPS) is 11.6.